The Labute approximate surface area is 183 Å². The van der Waals surface area contributed by atoms with E-state index in [-0.39, 0.29) is 47.9 Å². The zero-order chi connectivity index (χ0) is 18.9. The normalized spacial score (nSPS) is 22.9. The number of piperazine rings is 1. The average molecular weight is 447 g/mol. The quantitative estimate of drug-likeness (QED) is 0.743. The van der Waals surface area contributed by atoms with Gasteiger partial charge in [0.05, 0.1) is 6.54 Å². The molecule has 2 amide bonds. The van der Waals surface area contributed by atoms with Gasteiger partial charge in [0, 0.05) is 37.8 Å². The number of halogens is 3. The summed E-state index contributed by atoms with van der Waals surface area (Å²) < 4.78 is 12.9. The number of carbonyl (C=O) groups is 2. The largest absolute Gasteiger partial charge is 0.340 e. The van der Waals surface area contributed by atoms with E-state index < -0.39 is 0 Å². The van der Waals surface area contributed by atoms with E-state index >= 15 is 0 Å². The number of nitrogens with zero attached hydrogens (tertiary/aromatic N) is 2. The number of hydrogen-bond acceptors (Lipinski definition) is 4. The van der Waals surface area contributed by atoms with Gasteiger partial charge in [-0.1, -0.05) is 0 Å². The van der Waals surface area contributed by atoms with Crippen LogP contribution < -0.4 is 10.6 Å². The summed E-state index contributed by atoms with van der Waals surface area (Å²) in [4.78, 5) is 29.0. The second-order valence-corrected chi connectivity index (χ2v) is 8.03. The summed E-state index contributed by atoms with van der Waals surface area (Å²) in [6.45, 7) is 5.15. The molecule has 4 rings (SSSR count). The molecule has 1 unspecified atom stereocenters. The summed E-state index contributed by atoms with van der Waals surface area (Å²) >= 11 is 0. The molecule has 2 N–H and O–H groups in total. The Balaban J connectivity index is 0.00000150. The second kappa shape index (κ2) is 10.1. The molecule has 162 valence electrons. The zero-order valence-electron chi connectivity index (χ0n) is 16.4. The Morgan fingerprint density at radius 3 is 2.31 bits per heavy atom. The first kappa shape index (κ1) is 23.9. The molecule has 29 heavy (non-hydrogen) atoms. The molecule has 2 saturated heterocycles. The van der Waals surface area contributed by atoms with Crippen LogP contribution >= 0.6 is 24.8 Å². The minimum Gasteiger partial charge on any atom is -0.340 e. The maximum atomic E-state index is 12.9. The van der Waals surface area contributed by atoms with Crippen LogP contribution in [0.25, 0.3) is 0 Å². The van der Waals surface area contributed by atoms with Gasteiger partial charge in [-0.15, -0.1) is 24.8 Å². The fourth-order valence-electron chi connectivity index (χ4n) is 4.46. The second-order valence-electron chi connectivity index (χ2n) is 8.03. The monoisotopic (exact) mass is 446 g/mol. The van der Waals surface area contributed by atoms with Crippen LogP contribution in [0.4, 0.5) is 10.1 Å². The smallest absolute Gasteiger partial charge is 0.238 e. The highest BCUT2D eigenvalue weighted by atomic mass is 35.5. The van der Waals surface area contributed by atoms with Crippen LogP contribution in [-0.4, -0.2) is 67.4 Å². The Bertz CT molecular complexity index is 705. The van der Waals surface area contributed by atoms with Gasteiger partial charge in [0.1, 0.15) is 5.82 Å². The van der Waals surface area contributed by atoms with Gasteiger partial charge < -0.3 is 15.5 Å². The molecule has 1 aromatic carbocycles. The molecular formula is C20H29Cl2FN4O2. The Hall–Kier alpha value is -1.41. The highest BCUT2D eigenvalue weighted by Crippen LogP contribution is 2.59. The minimum atomic E-state index is -0.323. The van der Waals surface area contributed by atoms with Gasteiger partial charge in [0.25, 0.3) is 0 Å². The topological polar surface area (TPSA) is 64.7 Å². The van der Waals surface area contributed by atoms with Crippen molar-refractivity contribution in [3.63, 3.8) is 0 Å². The molecule has 9 heteroatoms. The molecule has 1 saturated carbocycles. The number of carbonyl (C=O) groups excluding carboxylic acids is 2. The first-order valence-electron chi connectivity index (χ1n) is 9.83. The standard InChI is InChI=1S/C20H27FN4O2.2ClH/c21-15-1-3-16(4-2-15)23-18(26)14-24-9-11-25(12-10-24)19(27)17-13-20(17)5-7-22-8-6-20;;/h1-4,17,22H,5-14H2,(H,23,26);2*1H. The molecule has 0 radical (unpaired) electrons. The zero-order valence-corrected chi connectivity index (χ0v) is 18.0. The maximum Gasteiger partial charge on any atom is 0.238 e. The number of hydrogen-bond donors (Lipinski definition) is 2. The van der Waals surface area contributed by atoms with Crippen molar-refractivity contribution in [2.75, 3.05) is 51.1 Å². The minimum absolute atomic E-state index is 0. The van der Waals surface area contributed by atoms with Gasteiger partial charge in [-0.05, 0) is 62.0 Å². The molecule has 6 nitrogen and oxygen atoms in total. The third kappa shape index (κ3) is 5.60. The molecular weight excluding hydrogens is 418 g/mol. The first-order chi connectivity index (χ1) is 13.1. The van der Waals surface area contributed by atoms with Crippen LogP contribution in [0.5, 0.6) is 0 Å². The van der Waals surface area contributed by atoms with E-state index in [0.29, 0.717) is 44.3 Å². The van der Waals surface area contributed by atoms with Gasteiger partial charge >= 0.3 is 0 Å². The van der Waals surface area contributed by atoms with Crippen molar-refractivity contribution in [2.45, 2.75) is 19.3 Å². The molecule has 1 aromatic rings. The number of anilines is 1. The van der Waals surface area contributed by atoms with Crippen molar-refractivity contribution >= 4 is 42.3 Å². The highest BCUT2D eigenvalue weighted by Gasteiger charge is 2.58. The SMILES string of the molecule is Cl.Cl.O=C(CN1CCN(C(=O)C2CC23CCNCC3)CC1)Nc1ccc(F)cc1. The van der Waals surface area contributed by atoms with Crippen LogP contribution in [0.3, 0.4) is 0 Å². The summed E-state index contributed by atoms with van der Waals surface area (Å²) in [5, 5.41) is 6.16. The first-order valence-corrected chi connectivity index (χ1v) is 9.83. The van der Waals surface area contributed by atoms with Crippen molar-refractivity contribution < 1.29 is 14.0 Å². The summed E-state index contributed by atoms with van der Waals surface area (Å²) in [6.07, 6.45) is 3.29. The van der Waals surface area contributed by atoms with E-state index in [9.17, 15) is 14.0 Å². The maximum absolute atomic E-state index is 12.9. The lowest BCUT2D eigenvalue weighted by molar-refractivity contribution is -0.135. The molecule has 2 heterocycles. The molecule has 1 aliphatic carbocycles. The van der Waals surface area contributed by atoms with Gasteiger partial charge in [0.15, 0.2) is 0 Å². The summed E-state index contributed by atoms with van der Waals surface area (Å²) in [5.41, 5.74) is 0.866. The lowest BCUT2D eigenvalue weighted by Gasteiger charge is -2.35. The van der Waals surface area contributed by atoms with Crippen LogP contribution in [0.1, 0.15) is 19.3 Å². The fraction of sp³-hybridized carbons (Fsp3) is 0.600. The summed E-state index contributed by atoms with van der Waals surface area (Å²) in [7, 11) is 0. The number of piperidine rings is 1. The predicted octanol–water partition coefficient (Wildman–Crippen LogP) is 2.14. The summed E-state index contributed by atoms with van der Waals surface area (Å²) in [5.74, 6) is 0.0909. The van der Waals surface area contributed by atoms with Crippen molar-refractivity contribution in [2.24, 2.45) is 11.3 Å². The third-order valence-corrected chi connectivity index (χ3v) is 6.27. The van der Waals surface area contributed by atoms with Gasteiger partial charge in [0.2, 0.25) is 11.8 Å². The molecule has 1 atom stereocenters. The molecule has 3 fully saturated rings. The van der Waals surface area contributed by atoms with Crippen LogP contribution in [-0.2, 0) is 9.59 Å². The van der Waals surface area contributed by atoms with E-state index in [1.165, 1.54) is 12.1 Å². The number of nitrogens with one attached hydrogen (secondary N) is 2. The van der Waals surface area contributed by atoms with Crippen molar-refractivity contribution in [1.29, 1.82) is 0 Å². The lowest BCUT2D eigenvalue weighted by Crippen LogP contribution is -2.51. The lowest BCUT2D eigenvalue weighted by atomic mass is 9.91. The highest BCUT2D eigenvalue weighted by molar-refractivity contribution is 5.92. The number of amides is 2. The van der Waals surface area contributed by atoms with Crippen molar-refractivity contribution in [3.05, 3.63) is 30.1 Å². The molecule has 3 aliphatic rings. The van der Waals surface area contributed by atoms with E-state index in [2.05, 4.69) is 15.5 Å². The van der Waals surface area contributed by atoms with E-state index in [4.69, 9.17) is 0 Å². The Morgan fingerprint density at radius 1 is 1.07 bits per heavy atom. The number of rotatable bonds is 4. The van der Waals surface area contributed by atoms with Crippen molar-refractivity contribution in [1.82, 2.24) is 15.1 Å². The third-order valence-electron chi connectivity index (χ3n) is 6.27. The number of benzene rings is 1. The molecule has 0 bridgehead atoms. The summed E-state index contributed by atoms with van der Waals surface area (Å²) in [6, 6.07) is 5.76. The predicted molar refractivity (Wildman–Crippen MR) is 115 cm³/mol. The molecule has 1 spiro atoms. The van der Waals surface area contributed by atoms with Gasteiger partial charge in [-0.2, -0.15) is 0 Å². The van der Waals surface area contributed by atoms with Gasteiger partial charge in [-0.25, -0.2) is 4.39 Å². The van der Waals surface area contributed by atoms with Crippen LogP contribution in [0, 0.1) is 17.2 Å². The van der Waals surface area contributed by atoms with Gasteiger partial charge in [-0.3, -0.25) is 14.5 Å². The fourth-order valence-corrected chi connectivity index (χ4v) is 4.46. The Morgan fingerprint density at radius 2 is 1.69 bits per heavy atom. The Kier molecular flexibility index (Phi) is 8.28. The van der Waals surface area contributed by atoms with E-state index in [1.807, 2.05) is 4.90 Å². The average Bonchev–Trinajstić information content (AvgIpc) is 3.37. The van der Waals surface area contributed by atoms with Crippen LogP contribution in [0.15, 0.2) is 24.3 Å². The molecule has 0 aromatic heterocycles. The van der Waals surface area contributed by atoms with E-state index in [1.54, 1.807) is 12.1 Å². The van der Waals surface area contributed by atoms with Crippen molar-refractivity contribution in [3.8, 4) is 0 Å². The van der Waals surface area contributed by atoms with Crippen LogP contribution in [0.2, 0.25) is 0 Å². The molecule has 2 aliphatic heterocycles. The van der Waals surface area contributed by atoms with E-state index in [0.717, 1.165) is 32.4 Å².